The van der Waals surface area contributed by atoms with E-state index >= 15 is 0 Å². The molecule has 138 valence electrons. The minimum Gasteiger partial charge on any atom is -0.489 e. The largest absolute Gasteiger partial charge is 0.489 e. The standard InChI is InChI=1S/C23H28O3/c1-5-9-20(22(24)26-23(2,3)4)16-18-12-14-21(15-13-18)25-17-19-10-7-6-8-11-19/h6-8,10-16H,5,9,17H2,1-4H3. The Morgan fingerprint density at radius 2 is 1.65 bits per heavy atom. The molecule has 0 aliphatic heterocycles. The van der Waals surface area contributed by atoms with Crippen LogP contribution in [0.15, 0.2) is 60.2 Å². The fraction of sp³-hybridized carbons (Fsp3) is 0.348. The van der Waals surface area contributed by atoms with Gasteiger partial charge in [0.25, 0.3) is 0 Å². The average molecular weight is 352 g/mol. The van der Waals surface area contributed by atoms with Gasteiger partial charge >= 0.3 is 5.97 Å². The Labute approximate surface area is 156 Å². The molecule has 0 atom stereocenters. The zero-order valence-electron chi connectivity index (χ0n) is 16.1. The summed E-state index contributed by atoms with van der Waals surface area (Å²) in [4.78, 5) is 12.4. The molecule has 0 bridgehead atoms. The Morgan fingerprint density at radius 1 is 1.00 bits per heavy atom. The molecule has 0 amide bonds. The predicted octanol–water partition coefficient (Wildman–Crippen LogP) is 5.79. The van der Waals surface area contributed by atoms with Crippen LogP contribution < -0.4 is 4.74 Å². The van der Waals surface area contributed by atoms with E-state index in [-0.39, 0.29) is 5.97 Å². The molecule has 2 rings (SSSR count). The summed E-state index contributed by atoms with van der Waals surface area (Å²) in [7, 11) is 0. The zero-order valence-corrected chi connectivity index (χ0v) is 16.1. The van der Waals surface area contributed by atoms with Gasteiger partial charge in [0.2, 0.25) is 0 Å². The van der Waals surface area contributed by atoms with Gasteiger partial charge in [-0.2, -0.15) is 0 Å². The van der Waals surface area contributed by atoms with Crippen LogP contribution in [0.2, 0.25) is 0 Å². The van der Waals surface area contributed by atoms with Crippen molar-refractivity contribution in [1.82, 2.24) is 0 Å². The number of ether oxygens (including phenoxy) is 2. The molecule has 3 heteroatoms. The Kier molecular flexibility index (Phi) is 7.02. The lowest BCUT2D eigenvalue weighted by Crippen LogP contribution is -2.24. The van der Waals surface area contributed by atoms with E-state index in [1.165, 1.54) is 0 Å². The van der Waals surface area contributed by atoms with Crippen molar-refractivity contribution in [3.63, 3.8) is 0 Å². The van der Waals surface area contributed by atoms with Crippen LogP contribution in [0.4, 0.5) is 0 Å². The lowest BCUT2D eigenvalue weighted by molar-refractivity contribution is -0.149. The molecule has 0 spiro atoms. The monoisotopic (exact) mass is 352 g/mol. The molecular weight excluding hydrogens is 324 g/mol. The van der Waals surface area contributed by atoms with Crippen molar-refractivity contribution >= 4 is 12.0 Å². The highest BCUT2D eigenvalue weighted by molar-refractivity contribution is 5.93. The first-order valence-electron chi connectivity index (χ1n) is 9.08. The molecule has 0 radical (unpaired) electrons. The quantitative estimate of drug-likeness (QED) is 0.467. The van der Waals surface area contributed by atoms with E-state index in [4.69, 9.17) is 9.47 Å². The summed E-state index contributed by atoms with van der Waals surface area (Å²) in [5.74, 6) is 0.559. The number of esters is 1. The lowest BCUT2D eigenvalue weighted by Gasteiger charge is -2.20. The molecule has 2 aromatic carbocycles. The minimum atomic E-state index is -0.487. The van der Waals surface area contributed by atoms with Crippen molar-refractivity contribution in [3.05, 3.63) is 71.3 Å². The Hall–Kier alpha value is -2.55. The first kappa shape index (κ1) is 19.8. The fourth-order valence-corrected chi connectivity index (χ4v) is 2.45. The highest BCUT2D eigenvalue weighted by Gasteiger charge is 2.19. The predicted molar refractivity (Wildman–Crippen MR) is 106 cm³/mol. The number of hydrogen-bond donors (Lipinski definition) is 0. The molecule has 0 N–H and O–H groups in total. The molecule has 0 aliphatic rings. The molecule has 0 heterocycles. The van der Waals surface area contributed by atoms with E-state index in [1.54, 1.807) is 0 Å². The molecule has 3 nitrogen and oxygen atoms in total. The zero-order chi connectivity index (χ0) is 19.0. The van der Waals surface area contributed by atoms with E-state index in [2.05, 4.69) is 6.92 Å². The highest BCUT2D eigenvalue weighted by Crippen LogP contribution is 2.20. The number of rotatable bonds is 7. The summed E-state index contributed by atoms with van der Waals surface area (Å²) in [6, 6.07) is 17.8. The van der Waals surface area contributed by atoms with Gasteiger partial charge in [-0.05, 0) is 56.5 Å². The summed E-state index contributed by atoms with van der Waals surface area (Å²) in [5, 5.41) is 0. The molecule has 0 saturated heterocycles. The molecule has 0 unspecified atom stereocenters. The van der Waals surface area contributed by atoms with Gasteiger partial charge in [0.05, 0.1) is 0 Å². The van der Waals surface area contributed by atoms with E-state index < -0.39 is 5.60 Å². The first-order valence-corrected chi connectivity index (χ1v) is 9.08. The SMILES string of the molecule is CCCC(=Cc1ccc(OCc2ccccc2)cc1)C(=O)OC(C)(C)C. The molecular formula is C23H28O3. The van der Waals surface area contributed by atoms with Crippen LogP contribution in [-0.2, 0) is 16.1 Å². The van der Waals surface area contributed by atoms with Gasteiger partial charge in [-0.1, -0.05) is 55.8 Å². The van der Waals surface area contributed by atoms with Crippen molar-refractivity contribution in [2.24, 2.45) is 0 Å². The van der Waals surface area contributed by atoms with Crippen LogP contribution >= 0.6 is 0 Å². The Balaban J connectivity index is 2.04. The lowest BCUT2D eigenvalue weighted by atomic mass is 10.1. The molecule has 0 aromatic heterocycles. The summed E-state index contributed by atoms with van der Waals surface area (Å²) in [6.45, 7) is 8.24. The molecule has 26 heavy (non-hydrogen) atoms. The molecule has 2 aromatic rings. The van der Waals surface area contributed by atoms with Crippen LogP contribution in [0.3, 0.4) is 0 Å². The van der Waals surface area contributed by atoms with E-state index in [0.717, 1.165) is 23.3 Å². The number of carbonyl (C=O) groups is 1. The van der Waals surface area contributed by atoms with Crippen LogP contribution in [0.1, 0.15) is 51.7 Å². The maximum atomic E-state index is 12.4. The van der Waals surface area contributed by atoms with Gasteiger partial charge in [0.1, 0.15) is 18.0 Å². The van der Waals surface area contributed by atoms with Gasteiger partial charge in [0, 0.05) is 5.57 Å². The minimum absolute atomic E-state index is 0.247. The van der Waals surface area contributed by atoms with Crippen LogP contribution in [0.25, 0.3) is 6.08 Å². The van der Waals surface area contributed by atoms with Crippen molar-refractivity contribution in [2.75, 3.05) is 0 Å². The third kappa shape index (κ3) is 6.75. The van der Waals surface area contributed by atoms with Crippen LogP contribution in [-0.4, -0.2) is 11.6 Å². The first-order chi connectivity index (χ1) is 12.4. The highest BCUT2D eigenvalue weighted by atomic mass is 16.6. The smallest absolute Gasteiger partial charge is 0.334 e. The maximum absolute atomic E-state index is 12.4. The van der Waals surface area contributed by atoms with Crippen molar-refractivity contribution < 1.29 is 14.3 Å². The van der Waals surface area contributed by atoms with Crippen LogP contribution in [0, 0.1) is 0 Å². The van der Waals surface area contributed by atoms with Crippen molar-refractivity contribution in [2.45, 2.75) is 52.7 Å². The summed E-state index contributed by atoms with van der Waals surface area (Å²) >= 11 is 0. The van der Waals surface area contributed by atoms with E-state index in [9.17, 15) is 4.79 Å². The molecule has 0 fully saturated rings. The second kappa shape index (κ2) is 9.23. The Morgan fingerprint density at radius 3 is 2.23 bits per heavy atom. The molecule has 0 saturated carbocycles. The van der Waals surface area contributed by atoms with Gasteiger partial charge < -0.3 is 9.47 Å². The Bertz CT molecular complexity index is 722. The summed E-state index contributed by atoms with van der Waals surface area (Å²) in [6.07, 6.45) is 3.49. The van der Waals surface area contributed by atoms with Crippen molar-refractivity contribution in [3.8, 4) is 5.75 Å². The van der Waals surface area contributed by atoms with E-state index in [0.29, 0.717) is 18.6 Å². The van der Waals surface area contributed by atoms with Gasteiger partial charge in [-0.3, -0.25) is 0 Å². The number of carbonyl (C=O) groups excluding carboxylic acids is 1. The van der Waals surface area contributed by atoms with Crippen molar-refractivity contribution in [1.29, 1.82) is 0 Å². The number of hydrogen-bond acceptors (Lipinski definition) is 3. The third-order valence-electron chi connectivity index (χ3n) is 3.65. The van der Waals surface area contributed by atoms with E-state index in [1.807, 2.05) is 81.4 Å². The average Bonchev–Trinajstić information content (AvgIpc) is 2.60. The van der Waals surface area contributed by atoms with Gasteiger partial charge in [-0.15, -0.1) is 0 Å². The topological polar surface area (TPSA) is 35.5 Å². The normalized spacial score (nSPS) is 11.9. The summed E-state index contributed by atoms with van der Waals surface area (Å²) < 4.78 is 11.3. The van der Waals surface area contributed by atoms with Gasteiger partial charge in [0.15, 0.2) is 0 Å². The second-order valence-electron chi connectivity index (χ2n) is 7.26. The number of benzene rings is 2. The second-order valence-corrected chi connectivity index (χ2v) is 7.26. The summed E-state index contributed by atoms with van der Waals surface area (Å²) in [5.41, 5.74) is 2.30. The third-order valence-corrected chi connectivity index (χ3v) is 3.65. The maximum Gasteiger partial charge on any atom is 0.334 e. The van der Waals surface area contributed by atoms with Gasteiger partial charge in [-0.25, -0.2) is 4.79 Å². The fourth-order valence-electron chi connectivity index (χ4n) is 2.45. The molecule has 0 aliphatic carbocycles. The van der Waals surface area contributed by atoms with Crippen LogP contribution in [0.5, 0.6) is 5.75 Å².